The van der Waals surface area contributed by atoms with Gasteiger partial charge in [-0.3, -0.25) is 4.79 Å². The Morgan fingerprint density at radius 2 is 1.96 bits per heavy atom. The number of nitrogens with zero attached hydrogens (tertiary/aromatic N) is 4. The lowest BCUT2D eigenvalue weighted by molar-refractivity contribution is -0.120. The van der Waals surface area contributed by atoms with Crippen LogP contribution in [-0.2, 0) is 31.4 Å². The van der Waals surface area contributed by atoms with E-state index < -0.39 is 0 Å². The van der Waals surface area contributed by atoms with Crippen LogP contribution in [0.1, 0.15) is 17.0 Å². The molecule has 6 nitrogen and oxygen atoms in total. The number of thioether (sulfide) groups is 1. The molecule has 0 radical (unpaired) electrons. The maximum absolute atomic E-state index is 12.2. The second-order valence-electron chi connectivity index (χ2n) is 5.81. The molecule has 0 aliphatic heterocycles. The third-order valence-electron chi connectivity index (χ3n) is 3.86. The highest BCUT2D eigenvalue weighted by molar-refractivity contribution is 7.98. The second-order valence-corrected chi connectivity index (χ2v) is 6.59. The zero-order valence-corrected chi connectivity index (χ0v) is 15.2. The van der Waals surface area contributed by atoms with Gasteiger partial charge in [0.15, 0.2) is 11.0 Å². The van der Waals surface area contributed by atoms with Crippen molar-refractivity contribution in [2.24, 2.45) is 7.05 Å². The fourth-order valence-electron chi connectivity index (χ4n) is 2.62. The number of aromatic nitrogens is 4. The van der Waals surface area contributed by atoms with Crippen molar-refractivity contribution in [1.82, 2.24) is 24.6 Å². The van der Waals surface area contributed by atoms with Crippen LogP contribution in [0, 0.1) is 0 Å². The van der Waals surface area contributed by atoms with Crippen molar-refractivity contribution in [2.45, 2.75) is 24.7 Å². The van der Waals surface area contributed by atoms with E-state index in [0.717, 1.165) is 16.5 Å². The molecule has 0 aliphatic carbocycles. The predicted octanol–water partition coefficient (Wildman–Crippen LogP) is 2.25. The van der Waals surface area contributed by atoms with Crippen molar-refractivity contribution in [2.75, 3.05) is 6.26 Å². The summed E-state index contributed by atoms with van der Waals surface area (Å²) in [5.41, 5.74) is 2.17. The lowest BCUT2D eigenvalue weighted by Gasteiger charge is -2.10. The van der Waals surface area contributed by atoms with Crippen LogP contribution in [0.3, 0.4) is 0 Å². The Labute approximate surface area is 151 Å². The van der Waals surface area contributed by atoms with Gasteiger partial charge in [-0.15, -0.1) is 10.2 Å². The Balaban J connectivity index is 1.65. The fourth-order valence-corrected chi connectivity index (χ4v) is 3.13. The van der Waals surface area contributed by atoms with Gasteiger partial charge in [-0.1, -0.05) is 42.1 Å². The number of nitrogens with one attached hydrogen (secondary N) is 1. The van der Waals surface area contributed by atoms with E-state index >= 15 is 0 Å². The molecule has 2 aromatic heterocycles. The van der Waals surface area contributed by atoms with E-state index in [1.165, 1.54) is 5.56 Å². The Kier molecular flexibility index (Phi) is 5.55. The van der Waals surface area contributed by atoms with Crippen molar-refractivity contribution in [3.8, 4) is 0 Å². The lowest BCUT2D eigenvalue weighted by atomic mass is 10.2. The molecule has 0 saturated heterocycles. The third-order valence-corrected chi connectivity index (χ3v) is 4.53. The van der Waals surface area contributed by atoms with Crippen LogP contribution in [0.4, 0.5) is 0 Å². The zero-order valence-electron chi connectivity index (χ0n) is 14.3. The van der Waals surface area contributed by atoms with E-state index in [0.29, 0.717) is 19.5 Å². The third kappa shape index (κ3) is 4.51. The normalized spacial score (nSPS) is 10.8. The zero-order chi connectivity index (χ0) is 17.6. The van der Waals surface area contributed by atoms with E-state index in [9.17, 15) is 4.79 Å². The van der Waals surface area contributed by atoms with Gasteiger partial charge in [0.25, 0.3) is 0 Å². The first-order valence-electron chi connectivity index (χ1n) is 8.03. The first-order valence-corrected chi connectivity index (χ1v) is 9.25. The molecule has 0 saturated carbocycles. The Morgan fingerprint density at radius 3 is 2.64 bits per heavy atom. The summed E-state index contributed by atoms with van der Waals surface area (Å²) in [6.07, 6.45) is 6.22. The summed E-state index contributed by atoms with van der Waals surface area (Å²) in [7, 11) is 1.94. The summed E-state index contributed by atoms with van der Waals surface area (Å²) in [6.45, 7) is 1.06. The number of amides is 1. The van der Waals surface area contributed by atoms with Gasteiger partial charge in [0.05, 0.1) is 19.5 Å². The number of rotatable bonds is 7. The van der Waals surface area contributed by atoms with Gasteiger partial charge >= 0.3 is 0 Å². The molecule has 0 unspecified atom stereocenters. The number of carbonyl (C=O) groups is 1. The molecule has 0 aliphatic rings. The number of hydrogen-bond donors (Lipinski definition) is 1. The average molecular weight is 355 g/mol. The topological polar surface area (TPSA) is 64.7 Å². The maximum atomic E-state index is 12.2. The smallest absolute Gasteiger partial charge is 0.224 e. The molecule has 0 spiro atoms. The van der Waals surface area contributed by atoms with Crippen LogP contribution in [0.15, 0.2) is 53.9 Å². The molecule has 1 amide bonds. The van der Waals surface area contributed by atoms with E-state index in [1.54, 1.807) is 11.8 Å². The minimum Gasteiger partial charge on any atom is -0.357 e. The Bertz CT molecular complexity index is 840. The summed E-state index contributed by atoms with van der Waals surface area (Å²) >= 11 is 1.55. The predicted molar refractivity (Wildman–Crippen MR) is 98.3 cm³/mol. The largest absolute Gasteiger partial charge is 0.357 e. The minimum absolute atomic E-state index is 0.0221. The van der Waals surface area contributed by atoms with E-state index in [4.69, 9.17) is 0 Å². The van der Waals surface area contributed by atoms with Crippen LogP contribution in [0.25, 0.3) is 0 Å². The summed E-state index contributed by atoms with van der Waals surface area (Å²) in [5.74, 6) is 0.737. The molecule has 1 N–H and O–H groups in total. The van der Waals surface area contributed by atoms with Gasteiger partial charge in [-0.05, 0) is 23.4 Å². The Morgan fingerprint density at radius 1 is 1.16 bits per heavy atom. The van der Waals surface area contributed by atoms with Crippen molar-refractivity contribution in [1.29, 1.82) is 0 Å². The molecule has 7 heteroatoms. The number of hydrogen-bond acceptors (Lipinski definition) is 4. The standard InChI is InChI=1S/C18H21N5OS/c1-22-9-8-15(12-22)10-17(24)19-11-16-20-21-18(25-2)23(16)13-14-6-4-3-5-7-14/h3-9,12H,10-11,13H2,1-2H3,(H,19,24). The minimum atomic E-state index is -0.0221. The van der Waals surface area contributed by atoms with Crippen molar-refractivity contribution < 1.29 is 4.79 Å². The van der Waals surface area contributed by atoms with Gasteiger partial charge in [-0.2, -0.15) is 0 Å². The van der Waals surface area contributed by atoms with Gasteiger partial charge in [-0.25, -0.2) is 0 Å². The highest BCUT2D eigenvalue weighted by atomic mass is 32.2. The first-order chi connectivity index (χ1) is 12.2. The van der Waals surface area contributed by atoms with Gasteiger partial charge < -0.3 is 14.5 Å². The second kappa shape index (κ2) is 8.02. The summed E-state index contributed by atoms with van der Waals surface area (Å²) in [5, 5.41) is 12.2. The first kappa shape index (κ1) is 17.3. The molecule has 0 bridgehead atoms. The molecule has 130 valence electrons. The van der Waals surface area contributed by atoms with Crippen LogP contribution in [0.2, 0.25) is 0 Å². The highest BCUT2D eigenvalue weighted by Crippen LogP contribution is 2.16. The number of benzene rings is 1. The van der Waals surface area contributed by atoms with E-state index in [2.05, 4.69) is 27.6 Å². The summed E-state index contributed by atoms with van der Waals surface area (Å²) < 4.78 is 3.98. The summed E-state index contributed by atoms with van der Waals surface area (Å²) in [4.78, 5) is 12.2. The molecule has 0 atom stereocenters. The fraction of sp³-hybridized carbons (Fsp3) is 0.278. The van der Waals surface area contributed by atoms with Gasteiger partial charge in [0.1, 0.15) is 0 Å². The lowest BCUT2D eigenvalue weighted by Crippen LogP contribution is -2.26. The molecule has 2 heterocycles. The molecule has 1 aromatic carbocycles. The van der Waals surface area contributed by atoms with Gasteiger partial charge in [0, 0.05) is 19.4 Å². The van der Waals surface area contributed by atoms with E-state index in [1.807, 2.05) is 59.1 Å². The number of aryl methyl sites for hydroxylation is 1. The van der Waals surface area contributed by atoms with Crippen molar-refractivity contribution in [3.63, 3.8) is 0 Å². The molecule has 25 heavy (non-hydrogen) atoms. The quantitative estimate of drug-likeness (QED) is 0.660. The van der Waals surface area contributed by atoms with Crippen molar-refractivity contribution >= 4 is 17.7 Å². The molecule has 0 fully saturated rings. The SMILES string of the molecule is CSc1nnc(CNC(=O)Cc2ccn(C)c2)n1Cc1ccccc1. The Hall–Kier alpha value is -2.54. The number of carbonyl (C=O) groups excluding carboxylic acids is 1. The highest BCUT2D eigenvalue weighted by Gasteiger charge is 2.13. The van der Waals surface area contributed by atoms with Crippen molar-refractivity contribution in [3.05, 3.63) is 65.7 Å². The average Bonchev–Trinajstić information content (AvgIpc) is 3.20. The van der Waals surface area contributed by atoms with Crippen LogP contribution >= 0.6 is 11.8 Å². The van der Waals surface area contributed by atoms with E-state index in [-0.39, 0.29) is 5.91 Å². The molecular formula is C18H21N5OS. The molecular weight excluding hydrogens is 334 g/mol. The molecule has 3 aromatic rings. The van der Waals surface area contributed by atoms with Crippen LogP contribution in [-0.4, -0.2) is 31.5 Å². The van der Waals surface area contributed by atoms with Crippen LogP contribution < -0.4 is 5.32 Å². The monoisotopic (exact) mass is 355 g/mol. The van der Waals surface area contributed by atoms with Gasteiger partial charge in [0.2, 0.25) is 5.91 Å². The summed E-state index contributed by atoms with van der Waals surface area (Å²) in [6, 6.07) is 12.1. The van der Waals surface area contributed by atoms with Crippen LogP contribution in [0.5, 0.6) is 0 Å². The maximum Gasteiger partial charge on any atom is 0.224 e. The molecule has 3 rings (SSSR count).